The van der Waals surface area contributed by atoms with Crippen molar-refractivity contribution in [1.29, 1.82) is 5.26 Å². The van der Waals surface area contributed by atoms with Crippen molar-refractivity contribution in [3.63, 3.8) is 0 Å². The van der Waals surface area contributed by atoms with Crippen LogP contribution in [0.25, 0.3) is 33.3 Å². The van der Waals surface area contributed by atoms with Gasteiger partial charge in [-0.3, -0.25) is 0 Å². The Kier molecular flexibility index (Phi) is 4.51. The predicted octanol–water partition coefficient (Wildman–Crippen LogP) is 5.21. The minimum absolute atomic E-state index is 0.675. The molecule has 1 aliphatic heterocycles. The van der Waals surface area contributed by atoms with Crippen LogP contribution in [0.5, 0.6) is 0 Å². The van der Waals surface area contributed by atoms with Gasteiger partial charge in [0.05, 0.1) is 24.8 Å². The number of H-pyrrole nitrogens is 1. The van der Waals surface area contributed by atoms with Crippen LogP contribution < -0.4 is 4.90 Å². The third-order valence-corrected chi connectivity index (χ3v) is 5.52. The molecule has 4 heteroatoms. The number of fused-ring (bicyclic) bond motifs is 1. The fourth-order valence-electron chi connectivity index (χ4n) is 3.99. The SMILES string of the molecule is N#Cc1cccc(-c2cccc3[nH]c(-c4ccc(N5CCOCC5)cc4)cc23)c1. The molecular weight excluding hydrogens is 358 g/mol. The Morgan fingerprint density at radius 3 is 2.45 bits per heavy atom. The molecular formula is C25H21N3O. The molecule has 0 spiro atoms. The Balaban J connectivity index is 1.51. The summed E-state index contributed by atoms with van der Waals surface area (Å²) >= 11 is 0. The van der Waals surface area contributed by atoms with Crippen molar-refractivity contribution in [2.75, 3.05) is 31.2 Å². The number of anilines is 1. The standard InChI is InChI=1S/C25H21N3O/c26-17-18-3-1-4-20(15-18)22-5-2-6-24-23(22)16-25(27-24)19-7-9-21(10-8-19)28-11-13-29-14-12-28/h1-10,15-16,27H,11-14H2. The molecule has 0 atom stereocenters. The van der Waals surface area contributed by atoms with Crippen LogP contribution in [-0.4, -0.2) is 31.3 Å². The zero-order valence-corrected chi connectivity index (χ0v) is 16.1. The van der Waals surface area contributed by atoms with Gasteiger partial charge in [-0.25, -0.2) is 0 Å². The van der Waals surface area contributed by atoms with Gasteiger partial charge in [-0.15, -0.1) is 0 Å². The Morgan fingerprint density at radius 1 is 0.862 bits per heavy atom. The van der Waals surface area contributed by atoms with Gasteiger partial charge >= 0.3 is 0 Å². The summed E-state index contributed by atoms with van der Waals surface area (Å²) < 4.78 is 5.45. The van der Waals surface area contributed by atoms with Crippen molar-refractivity contribution in [2.45, 2.75) is 0 Å². The number of nitrogens with one attached hydrogen (secondary N) is 1. The molecule has 0 amide bonds. The lowest BCUT2D eigenvalue weighted by Crippen LogP contribution is -2.36. The maximum Gasteiger partial charge on any atom is 0.0991 e. The van der Waals surface area contributed by atoms with Gasteiger partial charge < -0.3 is 14.6 Å². The fraction of sp³-hybridized carbons (Fsp3) is 0.160. The number of rotatable bonds is 3. The monoisotopic (exact) mass is 379 g/mol. The van der Waals surface area contributed by atoms with E-state index in [4.69, 9.17) is 4.74 Å². The molecule has 4 aromatic rings. The van der Waals surface area contributed by atoms with Crippen LogP contribution in [0, 0.1) is 11.3 Å². The van der Waals surface area contributed by atoms with Crippen LogP contribution in [0.2, 0.25) is 0 Å². The van der Waals surface area contributed by atoms with E-state index in [1.54, 1.807) is 0 Å². The normalized spacial score (nSPS) is 14.1. The van der Waals surface area contributed by atoms with Crippen molar-refractivity contribution in [1.82, 2.24) is 4.98 Å². The lowest BCUT2D eigenvalue weighted by molar-refractivity contribution is 0.122. The van der Waals surface area contributed by atoms with Crippen LogP contribution in [-0.2, 0) is 4.74 Å². The number of benzene rings is 3. The van der Waals surface area contributed by atoms with Gasteiger partial charge in [0.25, 0.3) is 0 Å². The van der Waals surface area contributed by atoms with Crippen molar-refractivity contribution >= 4 is 16.6 Å². The third kappa shape index (κ3) is 3.37. The highest BCUT2D eigenvalue weighted by Gasteiger charge is 2.12. The van der Waals surface area contributed by atoms with E-state index in [1.807, 2.05) is 18.2 Å². The van der Waals surface area contributed by atoms with Crippen LogP contribution in [0.15, 0.2) is 72.8 Å². The summed E-state index contributed by atoms with van der Waals surface area (Å²) in [7, 11) is 0. The third-order valence-electron chi connectivity index (χ3n) is 5.52. The summed E-state index contributed by atoms with van der Waals surface area (Å²) in [5, 5.41) is 10.4. The van der Waals surface area contributed by atoms with Crippen molar-refractivity contribution < 1.29 is 4.74 Å². The Bertz CT molecular complexity index is 1190. The maximum absolute atomic E-state index is 9.23. The summed E-state index contributed by atoms with van der Waals surface area (Å²) in [6.07, 6.45) is 0. The molecule has 0 aliphatic carbocycles. The zero-order chi connectivity index (χ0) is 19.6. The van der Waals surface area contributed by atoms with E-state index in [2.05, 4.69) is 70.6 Å². The van der Waals surface area contributed by atoms with Gasteiger partial charge in [0.1, 0.15) is 0 Å². The average molecular weight is 379 g/mol. The highest BCUT2D eigenvalue weighted by molar-refractivity contribution is 5.98. The molecule has 2 heterocycles. The van der Waals surface area contributed by atoms with E-state index in [1.165, 1.54) is 5.69 Å². The molecule has 4 nitrogen and oxygen atoms in total. The molecule has 3 aromatic carbocycles. The molecule has 1 aromatic heterocycles. The lowest BCUT2D eigenvalue weighted by atomic mass is 10.00. The molecule has 1 saturated heterocycles. The Morgan fingerprint density at radius 2 is 1.66 bits per heavy atom. The average Bonchev–Trinajstić information content (AvgIpc) is 3.24. The van der Waals surface area contributed by atoms with Crippen LogP contribution in [0.4, 0.5) is 5.69 Å². The van der Waals surface area contributed by atoms with Gasteiger partial charge in [0.15, 0.2) is 0 Å². The molecule has 5 rings (SSSR count). The second-order valence-electron chi connectivity index (χ2n) is 7.29. The number of morpholine rings is 1. The summed E-state index contributed by atoms with van der Waals surface area (Å²) in [4.78, 5) is 5.91. The summed E-state index contributed by atoms with van der Waals surface area (Å²) in [5.74, 6) is 0. The number of nitrogens with zero attached hydrogens (tertiary/aromatic N) is 2. The second-order valence-corrected chi connectivity index (χ2v) is 7.29. The first-order valence-electron chi connectivity index (χ1n) is 9.87. The highest BCUT2D eigenvalue weighted by atomic mass is 16.5. The van der Waals surface area contributed by atoms with E-state index in [9.17, 15) is 5.26 Å². The van der Waals surface area contributed by atoms with Gasteiger partial charge in [0.2, 0.25) is 0 Å². The maximum atomic E-state index is 9.23. The summed E-state index contributed by atoms with van der Waals surface area (Å²) in [6.45, 7) is 3.47. The number of hydrogen-bond donors (Lipinski definition) is 1. The first kappa shape index (κ1) is 17.5. The minimum atomic E-state index is 0.675. The van der Waals surface area contributed by atoms with Crippen molar-refractivity contribution in [3.05, 3.63) is 78.4 Å². The number of aromatic amines is 1. The molecule has 1 fully saturated rings. The first-order chi connectivity index (χ1) is 14.3. The number of hydrogen-bond acceptors (Lipinski definition) is 3. The molecule has 29 heavy (non-hydrogen) atoms. The Hall–Kier alpha value is -3.55. The van der Waals surface area contributed by atoms with Gasteiger partial charge in [0, 0.05) is 35.4 Å². The smallest absolute Gasteiger partial charge is 0.0991 e. The van der Waals surface area contributed by atoms with Crippen LogP contribution >= 0.6 is 0 Å². The van der Waals surface area contributed by atoms with E-state index in [-0.39, 0.29) is 0 Å². The van der Waals surface area contributed by atoms with E-state index in [0.29, 0.717) is 5.56 Å². The van der Waals surface area contributed by atoms with Crippen LogP contribution in [0.1, 0.15) is 5.56 Å². The minimum Gasteiger partial charge on any atom is -0.378 e. The number of aromatic nitrogens is 1. The van der Waals surface area contributed by atoms with Gasteiger partial charge in [-0.2, -0.15) is 5.26 Å². The molecule has 1 aliphatic rings. The Labute approximate surface area is 170 Å². The predicted molar refractivity (Wildman–Crippen MR) is 117 cm³/mol. The first-order valence-corrected chi connectivity index (χ1v) is 9.87. The molecule has 1 N–H and O–H groups in total. The zero-order valence-electron chi connectivity index (χ0n) is 16.1. The lowest BCUT2D eigenvalue weighted by Gasteiger charge is -2.28. The molecule has 0 radical (unpaired) electrons. The van der Waals surface area contributed by atoms with E-state index in [0.717, 1.165) is 59.6 Å². The van der Waals surface area contributed by atoms with Gasteiger partial charge in [-0.1, -0.05) is 36.4 Å². The van der Waals surface area contributed by atoms with Crippen LogP contribution in [0.3, 0.4) is 0 Å². The fourth-order valence-corrected chi connectivity index (χ4v) is 3.99. The largest absolute Gasteiger partial charge is 0.378 e. The van der Waals surface area contributed by atoms with E-state index >= 15 is 0 Å². The quantitative estimate of drug-likeness (QED) is 0.532. The topological polar surface area (TPSA) is 52.0 Å². The van der Waals surface area contributed by atoms with Crippen molar-refractivity contribution in [2.24, 2.45) is 0 Å². The van der Waals surface area contributed by atoms with Gasteiger partial charge in [-0.05, 0) is 53.1 Å². The molecule has 142 valence electrons. The van der Waals surface area contributed by atoms with Crippen molar-refractivity contribution in [3.8, 4) is 28.5 Å². The molecule has 0 saturated carbocycles. The number of ether oxygens (including phenoxy) is 1. The molecule has 0 bridgehead atoms. The highest BCUT2D eigenvalue weighted by Crippen LogP contribution is 2.33. The summed E-state index contributed by atoms with van der Waals surface area (Å²) in [6, 6.07) is 27.2. The number of nitriles is 1. The molecule has 0 unspecified atom stereocenters. The summed E-state index contributed by atoms with van der Waals surface area (Å²) in [5.41, 5.74) is 7.45. The second kappa shape index (κ2) is 7.46. The van der Waals surface area contributed by atoms with E-state index < -0.39 is 0 Å².